The Bertz CT molecular complexity index is 506. The van der Waals surface area contributed by atoms with Crippen molar-refractivity contribution in [2.24, 2.45) is 4.99 Å². The van der Waals surface area contributed by atoms with Gasteiger partial charge in [-0.25, -0.2) is 0 Å². The van der Waals surface area contributed by atoms with Crippen molar-refractivity contribution in [2.45, 2.75) is 26.2 Å². The van der Waals surface area contributed by atoms with Crippen molar-refractivity contribution >= 4 is 33.5 Å². The van der Waals surface area contributed by atoms with E-state index in [2.05, 4.69) is 36.9 Å². The van der Waals surface area contributed by atoms with Crippen LogP contribution in [0, 0.1) is 0 Å². The molecule has 6 nitrogen and oxygen atoms in total. The van der Waals surface area contributed by atoms with Crippen LogP contribution in [0.1, 0.15) is 26.2 Å². The third kappa shape index (κ3) is 9.52. The summed E-state index contributed by atoms with van der Waals surface area (Å²) in [4.78, 5) is 16.0. The second kappa shape index (κ2) is 12.8. The highest BCUT2D eigenvalue weighted by Crippen LogP contribution is 2.14. The van der Waals surface area contributed by atoms with Crippen LogP contribution >= 0.6 is 15.9 Å². The van der Waals surface area contributed by atoms with Crippen molar-refractivity contribution in [3.63, 3.8) is 0 Å². The van der Waals surface area contributed by atoms with E-state index in [0.717, 1.165) is 42.8 Å². The molecule has 0 aromatic heterocycles. The van der Waals surface area contributed by atoms with Gasteiger partial charge in [0.15, 0.2) is 5.96 Å². The summed E-state index contributed by atoms with van der Waals surface area (Å²) in [6, 6.07) is 7.51. The Morgan fingerprint density at radius 1 is 1.17 bits per heavy atom. The molecule has 1 rings (SSSR count). The van der Waals surface area contributed by atoms with Crippen LogP contribution < -0.4 is 16.0 Å². The minimum Gasteiger partial charge on any atom is -0.382 e. The lowest BCUT2D eigenvalue weighted by molar-refractivity contribution is -0.116. The number of guanidine groups is 1. The first-order valence-electron chi connectivity index (χ1n) is 8.23. The van der Waals surface area contributed by atoms with Gasteiger partial charge in [0, 0.05) is 49.9 Å². The summed E-state index contributed by atoms with van der Waals surface area (Å²) in [6.45, 7) is 4.91. The molecular weight excluding hydrogens is 372 g/mol. The first-order valence-corrected chi connectivity index (χ1v) is 9.02. The molecule has 1 aromatic carbocycles. The highest BCUT2D eigenvalue weighted by atomic mass is 79.9. The molecule has 0 bridgehead atoms. The molecule has 0 aliphatic rings. The molecule has 0 fully saturated rings. The normalized spacial score (nSPS) is 11.2. The Labute approximate surface area is 152 Å². The van der Waals surface area contributed by atoms with Crippen LogP contribution in [0.5, 0.6) is 0 Å². The summed E-state index contributed by atoms with van der Waals surface area (Å²) in [5, 5.41) is 9.22. The molecule has 0 saturated heterocycles. The predicted octanol–water partition coefficient (Wildman–Crippen LogP) is 2.76. The third-order valence-electron chi connectivity index (χ3n) is 3.21. The van der Waals surface area contributed by atoms with Crippen molar-refractivity contribution in [3.05, 3.63) is 28.7 Å². The number of halogens is 1. The van der Waals surface area contributed by atoms with Gasteiger partial charge >= 0.3 is 0 Å². The number of carbonyl (C=O) groups is 1. The molecule has 0 atom stereocenters. The minimum absolute atomic E-state index is 0.0306. The first kappa shape index (κ1) is 20.4. The molecule has 0 aliphatic carbocycles. The summed E-state index contributed by atoms with van der Waals surface area (Å²) < 4.78 is 6.28. The summed E-state index contributed by atoms with van der Waals surface area (Å²) >= 11 is 3.37. The van der Waals surface area contributed by atoms with Crippen LogP contribution in [0.2, 0.25) is 0 Å². The maximum Gasteiger partial charge on any atom is 0.226 e. The third-order valence-corrected chi connectivity index (χ3v) is 3.74. The zero-order valence-corrected chi connectivity index (χ0v) is 16.0. The predicted molar refractivity (Wildman–Crippen MR) is 102 cm³/mol. The van der Waals surface area contributed by atoms with Gasteiger partial charge in [-0.3, -0.25) is 9.79 Å². The summed E-state index contributed by atoms with van der Waals surface area (Å²) in [6.07, 6.45) is 2.42. The van der Waals surface area contributed by atoms with Crippen LogP contribution in [-0.4, -0.2) is 45.2 Å². The highest BCUT2D eigenvalue weighted by molar-refractivity contribution is 9.10. The van der Waals surface area contributed by atoms with Crippen molar-refractivity contribution in [2.75, 3.05) is 38.7 Å². The zero-order valence-electron chi connectivity index (χ0n) is 14.4. The number of anilines is 1. The number of amides is 1. The van der Waals surface area contributed by atoms with Gasteiger partial charge in [-0.1, -0.05) is 15.9 Å². The molecule has 24 heavy (non-hydrogen) atoms. The monoisotopic (exact) mass is 398 g/mol. The molecule has 0 unspecified atom stereocenters. The van der Waals surface area contributed by atoms with E-state index >= 15 is 0 Å². The minimum atomic E-state index is -0.0306. The lowest BCUT2D eigenvalue weighted by atomic mass is 10.3. The number of hydrogen-bond donors (Lipinski definition) is 3. The maximum absolute atomic E-state index is 11.9. The van der Waals surface area contributed by atoms with Crippen LogP contribution in [0.25, 0.3) is 0 Å². The van der Waals surface area contributed by atoms with Crippen LogP contribution in [0.3, 0.4) is 0 Å². The summed E-state index contributed by atoms with van der Waals surface area (Å²) in [5.41, 5.74) is 0.792. The second-order valence-electron chi connectivity index (χ2n) is 5.13. The summed E-state index contributed by atoms with van der Waals surface area (Å²) in [7, 11) is 1.72. The second-order valence-corrected chi connectivity index (χ2v) is 6.05. The molecule has 0 heterocycles. The number of aliphatic imine (C=N–C) groups is 1. The Morgan fingerprint density at radius 3 is 2.54 bits per heavy atom. The molecule has 0 radical (unpaired) electrons. The van der Waals surface area contributed by atoms with Crippen LogP contribution in [0.4, 0.5) is 5.69 Å². The van der Waals surface area contributed by atoms with E-state index in [-0.39, 0.29) is 5.91 Å². The first-order chi connectivity index (χ1) is 11.7. The van der Waals surface area contributed by atoms with Gasteiger partial charge in [0.05, 0.1) is 0 Å². The molecule has 7 heteroatoms. The molecule has 0 spiro atoms. The molecule has 3 N–H and O–H groups in total. The Kier molecular flexibility index (Phi) is 10.9. The SMILES string of the molecule is CCOCCCCNC(=NC)NCCC(=O)Nc1ccc(Br)cc1. The largest absolute Gasteiger partial charge is 0.382 e. The van der Waals surface area contributed by atoms with E-state index in [9.17, 15) is 4.79 Å². The lowest BCUT2D eigenvalue weighted by Gasteiger charge is -2.12. The smallest absolute Gasteiger partial charge is 0.226 e. The van der Waals surface area contributed by atoms with Crippen molar-refractivity contribution in [1.29, 1.82) is 0 Å². The van der Waals surface area contributed by atoms with E-state index < -0.39 is 0 Å². The van der Waals surface area contributed by atoms with E-state index in [0.29, 0.717) is 18.9 Å². The Morgan fingerprint density at radius 2 is 1.88 bits per heavy atom. The molecule has 0 aliphatic heterocycles. The lowest BCUT2D eigenvalue weighted by Crippen LogP contribution is -2.39. The van der Waals surface area contributed by atoms with Gasteiger partial charge in [0.1, 0.15) is 0 Å². The van der Waals surface area contributed by atoms with Crippen LogP contribution in [-0.2, 0) is 9.53 Å². The molecule has 1 amide bonds. The van der Waals surface area contributed by atoms with E-state index in [1.165, 1.54) is 0 Å². The fourth-order valence-electron chi connectivity index (χ4n) is 1.95. The number of benzene rings is 1. The molecule has 0 saturated carbocycles. The maximum atomic E-state index is 11.9. The van der Waals surface area contributed by atoms with Gasteiger partial charge in [-0.15, -0.1) is 0 Å². The van der Waals surface area contributed by atoms with Crippen molar-refractivity contribution in [3.8, 4) is 0 Å². The Hall–Kier alpha value is -1.60. The summed E-state index contributed by atoms with van der Waals surface area (Å²) in [5.74, 6) is 0.680. The van der Waals surface area contributed by atoms with Gasteiger partial charge in [0.25, 0.3) is 0 Å². The topological polar surface area (TPSA) is 74.8 Å². The van der Waals surface area contributed by atoms with Crippen LogP contribution in [0.15, 0.2) is 33.7 Å². The van der Waals surface area contributed by atoms with Gasteiger partial charge in [-0.05, 0) is 44.0 Å². The quantitative estimate of drug-likeness (QED) is 0.321. The number of carbonyl (C=O) groups excluding carboxylic acids is 1. The standard InChI is InChI=1S/C17H27BrN4O2/c1-3-24-13-5-4-11-20-17(19-2)21-12-10-16(23)22-15-8-6-14(18)7-9-15/h6-9H,3-5,10-13H2,1-2H3,(H,22,23)(H2,19,20,21). The fraction of sp³-hybridized carbons (Fsp3) is 0.529. The molecule has 134 valence electrons. The highest BCUT2D eigenvalue weighted by Gasteiger charge is 2.03. The average molecular weight is 399 g/mol. The van der Waals surface area contributed by atoms with E-state index in [4.69, 9.17) is 4.74 Å². The number of nitrogens with one attached hydrogen (secondary N) is 3. The van der Waals surface area contributed by atoms with Gasteiger partial charge in [-0.2, -0.15) is 0 Å². The Balaban J connectivity index is 2.14. The van der Waals surface area contributed by atoms with Gasteiger partial charge < -0.3 is 20.7 Å². The fourth-order valence-corrected chi connectivity index (χ4v) is 2.22. The molecular formula is C17H27BrN4O2. The number of rotatable bonds is 10. The van der Waals surface area contributed by atoms with E-state index in [1.54, 1.807) is 7.05 Å². The number of nitrogens with zero attached hydrogens (tertiary/aromatic N) is 1. The van der Waals surface area contributed by atoms with Gasteiger partial charge in [0.2, 0.25) is 5.91 Å². The zero-order chi connectivity index (χ0) is 17.6. The molecule has 1 aromatic rings. The number of hydrogen-bond acceptors (Lipinski definition) is 3. The number of unbranched alkanes of at least 4 members (excludes halogenated alkanes) is 1. The number of ether oxygens (including phenoxy) is 1. The van der Waals surface area contributed by atoms with Crippen molar-refractivity contribution < 1.29 is 9.53 Å². The van der Waals surface area contributed by atoms with Crippen molar-refractivity contribution in [1.82, 2.24) is 10.6 Å². The average Bonchev–Trinajstić information content (AvgIpc) is 2.58. The van der Waals surface area contributed by atoms with E-state index in [1.807, 2.05) is 31.2 Å².